The van der Waals surface area contributed by atoms with E-state index in [2.05, 4.69) is 15.3 Å². The predicted molar refractivity (Wildman–Crippen MR) is 63.6 cm³/mol. The molecule has 0 bridgehead atoms. The number of aryl methyl sites for hydroxylation is 1. The summed E-state index contributed by atoms with van der Waals surface area (Å²) < 4.78 is 37.8. The van der Waals surface area contributed by atoms with Crippen molar-refractivity contribution in [3.05, 3.63) is 17.5 Å². The van der Waals surface area contributed by atoms with E-state index in [1.807, 2.05) is 0 Å². The highest BCUT2D eigenvalue weighted by molar-refractivity contribution is 5.29. The van der Waals surface area contributed by atoms with Gasteiger partial charge in [-0.15, -0.1) is 0 Å². The van der Waals surface area contributed by atoms with Crippen LogP contribution in [0.1, 0.15) is 30.7 Å². The second-order valence-corrected chi connectivity index (χ2v) is 5.08. The molecule has 0 spiro atoms. The Bertz CT molecular complexity index is 453. The van der Waals surface area contributed by atoms with Crippen LogP contribution in [0.4, 0.5) is 19.1 Å². The van der Waals surface area contributed by atoms with Crippen LogP contribution in [-0.4, -0.2) is 28.2 Å². The van der Waals surface area contributed by atoms with Gasteiger partial charge >= 0.3 is 6.18 Å². The van der Waals surface area contributed by atoms with Gasteiger partial charge in [0.2, 0.25) is 5.95 Å². The van der Waals surface area contributed by atoms with Gasteiger partial charge in [0.15, 0.2) is 0 Å². The Labute approximate surface area is 109 Å². The number of rotatable bonds is 4. The van der Waals surface area contributed by atoms with Crippen LogP contribution in [-0.2, 0) is 6.18 Å². The average Bonchev–Trinajstić information content (AvgIpc) is 2.26. The molecule has 0 radical (unpaired) electrons. The Kier molecular flexibility index (Phi) is 3.66. The fraction of sp³-hybridized carbons (Fsp3) is 0.667. The Morgan fingerprint density at radius 3 is 2.53 bits per heavy atom. The first-order valence-corrected chi connectivity index (χ1v) is 6.12. The van der Waals surface area contributed by atoms with E-state index in [9.17, 15) is 18.3 Å². The van der Waals surface area contributed by atoms with Crippen LogP contribution in [0.3, 0.4) is 0 Å². The minimum absolute atomic E-state index is 0.0257. The first-order chi connectivity index (χ1) is 8.85. The van der Waals surface area contributed by atoms with Crippen LogP contribution in [0.15, 0.2) is 6.07 Å². The number of nitrogens with one attached hydrogen (secondary N) is 1. The molecule has 1 fully saturated rings. The van der Waals surface area contributed by atoms with E-state index in [1.165, 1.54) is 6.92 Å². The highest BCUT2D eigenvalue weighted by atomic mass is 19.4. The largest absolute Gasteiger partial charge is 0.433 e. The van der Waals surface area contributed by atoms with E-state index < -0.39 is 11.9 Å². The zero-order valence-corrected chi connectivity index (χ0v) is 10.6. The molecule has 2 N–H and O–H groups in total. The van der Waals surface area contributed by atoms with Gasteiger partial charge < -0.3 is 10.4 Å². The molecular weight excluding hydrogens is 259 g/mol. The van der Waals surface area contributed by atoms with Gasteiger partial charge in [-0.1, -0.05) is 6.42 Å². The van der Waals surface area contributed by atoms with E-state index in [0.717, 1.165) is 25.3 Å². The summed E-state index contributed by atoms with van der Waals surface area (Å²) in [5, 5.41) is 12.1. The molecule has 106 valence electrons. The van der Waals surface area contributed by atoms with Crippen LogP contribution >= 0.6 is 0 Å². The third kappa shape index (κ3) is 3.15. The summed E-state index contributed by atoms with van der Waals surface area (Å²) in [6.07, 6.45) is -1.71. The molecule has 1 aromatic rings. The summed E-state index contributed by atoms with van der Waals surface area (Å²) in [5.74, 6) is -0.0351. The quantitative estimate of drug-likeness (QED) is 0.885. The van der Waals surface area contributed by atoms with Gasteiger partial charge in [-0.25, -0.2) is 9.97 Å². The van der Waals surface area contributed by atoms with Gasteiger partial charge in [-0.3, -0.25) is 0 Å². The molecule has 4 nitrogen and oxygen atoms in total. The molecular formula is C12H16F3N3O. The molecule has 7 heteroatoms. The van der Waals surface area contributed by atoms with Gasteiger partial charge in [-0.2, -0.15) is 13.2 Å². The number of halogens is 3. The van der Waals surface area contributed by atoms with Crippen molar-refractivity contribution in [2.75, 3.05) is 18.5 Å². The minimum atomic E-state index is -4.48. The summed E-state index contributed by atoms with van der Waals surface area (Å²) in [6.45, 7) is 1.91. The Morgan fingerprint density at radius 1 is 1.37 bits per heavy atom. The number of alkyl halides is 3. The molecule has 0 aliphatic heterocycles. The number of aliphatic hydroxyl groups is 1. The van der Waals surface area contributed by atoms with E-state index >= 15 is 0 Å². The SMILES string of the molecule is Cc1cc(C(F)(F)F)nc(NCC2(CO)CCC2)n1. The average molecular weight is 275 g/mol. The number of hydrogen-bond acceptors (Lipinski definition) is 4. The lowest BCUT2D eigenvalue weighted by atomic mass is 9.69. The minimum Gasteiger partial charge on any atom is -0.396 e. The van der Waals surface area contributed by atoms with Gasteiger partial charge in [0.25, 0.3) is 0 Å². The number of aliphatic hydroxyl groups excluding tert-OH is 1. The Hall–Kier alpha value is -1.37. The van der Waals surface area contributed by atoms with Crippen molar-refractivity contribution in [2.45, 2.75) is 32.4 Å². The summed E-state index contributed by atoms with van der Waals surface area (Å²) in [4.78, 5) is 7.41. The van der Waals surface area contributed by atoms with E-state index in [-0.39, 0.29) is 23.7 Å². The monoisotopic (exact) mass is 275 g/mol. The molecule has 2 rings (SSSR count). The number of aromatic nitrogens is 2. The van der Waals surface area contributed by atoms with Gasteiger partial charge in [0, 0.05) is 17.7 Å². The highest BCUT2D eigenvalue weighted by Crippen LogP contribution is 2.40. The number of hydrogen-bond donors (Lipinski definition) is 2. The Morgan fingerprint density at radius 2 is 2.05 bits per heavy atom. The smallest absolute Gasteiger partial charge is 0.396 e. The van der Waals surface area contributed by atoms with Gasteiger partial charge in [0.1, 0.15) is 5.69 Å². The van der Waals surface area contributed by atoms with Crippen molar-refractivity contribution >= 4 is 5.95 Å². The predicted octanol–water partition coefficient (Wildman–Crippen LogP) is 2.38. The standard InChI is InChI=1S/C12H16F3N3O/c1-8-5-9(12(13,14)15)18-10(17-8)16-6-11(7-19)3-2-4-11/h5,19H,2-4,6-7H2,1H3,(H,16,17,18). The van der Waals surface area contributed by atoms with Gasteiger partial charge in [0.05, 0.1) is 6.61 Å². The molecule has 0 unspecified atom stereocenters. The van der Waals surface area contributed by atoms with Crippen LogP contribution in [0.2, 0.25) is 0 Å². The summed E-state index contributed by atoms with van der Waals surface area (Å²) in [7, 11) is 0. The van der Waals surface area contributed by atoms with Crippen LogP contribution < -0.4 is 5.32 Å². The van der Waals surface area contributed by atoms with Crippen LogP contribution in [0.5, 0.6) is 0 Å². The zero-order valence-electron chi connectivity index (χ0n) is 10.6. The molecule has 1 aliphatic rings. The highest BCUT2D eigenvalue weighted by Gasteiger charge is 2.37. The molecule has 0 aromatic carbocycles. The van der Waals surface area contributed by atoms with Crippen LogP contribution in [0.25, 0.3) is 0 Å². The summed E-state index contributed by atoms with van der Waals surface area (Å²) in [6, 6.07) is 0.913. The second-order valence-electron chi connectivity index (χ2n) is 5.08. The molecule has 0 atom stereocenters. The van der Waals surface area contributed by atoms with E-state index in [4.69, 9.17) is 0 Å². The summed E-state index contributed by atoms with van der Waals surface area (Å²) in [5.41, 5.74) is -0.920. The second kappa shape index (κ2) is 4.96. The zero-order chi connectivity index (χ0) is 14.1. The topological polar surface area (TPSA) is 58.0 Å². The molecule has 1 aliphatic carbocycles. The van der Waals surface area contributed by atoms with Crippen molar-refractivity contribution in [3.63, 3.8) is 0 Å². The molecule has 0 amide bonds. The normalized spacial score (nSPS) is 17.9. The maximum atomic E-state index is 12.6. The number of anilines is 1. The maximum Gasteiger partial charge on any atom is 0.433 e. The number of nitrogens with zero attached hydrogens (tertiary/aromatic N) is 2. The summed E-state index contributed by atoms with van der Waals surface area (Å²) >= 11 is 0. The third-order valence-corrected chi connectivity index (χ3v) is 3.52. The lowest BCUT2D eigenvalue weighted by molar-refractivity contribution is -0.141. The Balaban J connectivity index is 2.10. The molecule has 1 aromatic heterocycles. The maximum absolute atomic E-state index is 12.6. The third-order valence-electron chi connectivity index (χ3n) is 3.52. The van der Waals surface area contributed by atoms with E-state index in [1.54, 1.807) is 0 Å². The lowest BCUT2D eigenvalue weighted by Crippen LogP contribution is -2.40. The van der Waals surface area contributed by atoms with Crippen molar-refractivity contribution in [1.82, 2.24) is 9.97 Å². The first kappa shape index (κ1) is 14.0. The lowest BCUT2D eigenvalue weighted by Gasteiger charge is -2.40. The molecule has 19 heavy (non-hydrogen) atoms. The van der Waals surface area contributed by atoms with Crippen LogP contribution in [0, 0.1) is 12.3 Å². The van der Waals surface area contributed by atoms with Crippen molar-refractivity contribution in [2.24, 2.45) is 5.41 Å². The van der Waals surface area contributed by atoms with Gasteiger partial charge in [-0.05, 0) is 25.8 Å². The fourth-order valence-corrected chi connectivity index (χ4v) is 2.13. The fourth-order valence-electron chi connectivity index (χ4n) is 2.13. The van der Waals surface area contributed by atoms with Crippen molar-refractivity contribution in [1.29, 1.82) is 0 Å². The molecule has 1 heterocycles. The van der Waals surface area contributed by atoms with E-state index in [0.29, 0.717) is 6.54 Å². The molecule has 0 saturated heterocycles. The van der Waals surface area contributed by atoms with Crippen molar-refractivity contribution in [3.8, 4) is 0 Å². The first-order valence-electron chi connectivity index (χ1n) is 6.12. The molecule has 1 saturated carbocycles. The van der Waals surface area contributed by atoms with Crippen molar-refractivity contribution < 1.29 is 18.3 Å².